The van der Waals surface area contributed by atoms with Gasteiger partial charge < -0.3 is 4.74 Å². The van der Waals surface area contributed by atoms with E-state index in [4.69, 9.17) is 16.9 Å². The molecule has 1 rings (SSSR count). The number of alkyl halides is 2. The Bertz CT molecular complexity index is 389. The molecule has 0 spiro atoms. The topological polar surface area (TPSA) is 33.0 Å². The Hall–Kier alpha value is -1.41. The number of ether oxygens (including phenoxy) is 1. The molecule has 6 heteroatoms. The fourth-order valence-corrected chi connectivity index (χ4v) is 0.996. The van der Waals surface area contributed by atoms with Crippen LogP contribution in [-0.2, 0) is 0 Å². The van der Waals surface area contributed by atoms with Gasteiger partial charge in [-0.2, -0.15) is 14.0 Å². The highest BCUT2D eigenvalue weighted by atomic mass is 35.5. The third-order valence-electron chi connectivity index (χ3n) is 1.36. The first kappa shape index (κ1) is 10.7. The van der Waals surface area contributed by atoms with E-state index in [2.05, 4.69) is 4.74 Å². The second-order valence-corrected chi connectivity index (χ2v) is 2.66. The molecule has 1 aromatic carbocycles. The molecule has 0 bridgehead atoms. The molecule has 0 aliphatic rings. The Labute approximate surface area is 82.5 Å². The van der Waals surface area contributed by atoms with E-state index in [-0.39, 0.29) is 5.02 Å². The fraction of sp³-hybridized carbons (Fsp3) is 0.125. The van der Waals surface area contributed by atoms with Crippen molar-refractivity contribution in [1.82, 2.24) is 0 Å². The van der Waals surface area contributed by atoms with Gasteiger partial charge in [-0.3, -0.25) is 0 Å². The first-order chi connectivity index (χ1) is 6.54. The molecule has 0 amide bonds. The predicted octanol–water partition coefficient (Wildman–Crippen LogP) is 2.95. The molecule has 0 saturated heterocycles. The summed E-state index contributed by atoms with van der Waals surface area (Å²) in [7, 11) is 0. The number of rotatable bonds is 2. The fourth-order valence-electron chi connectivity index (χ4n) is 0.801. The number of benzene rings is 1. The molecule has 74 valence electrons. The van der Waals surface area contributed by atoms with E-state index in [1.165, 1.54) is 6.07 Å². The van der Waals surface area contributed by atoms with Crippen molar-refractivity contribution in [3.05, 3.63) is 28.5 Å². The Morgan fingerprint density at radius 2 is 2.07 bits per heavy atom. The first-order valence-corrected chi connectivity index (χ1v) is 3.76. The van der Waals surface area contributed by atoms with E-state index in [9.17, 15) is 13.2 Å². The van der Waals surface area contributed by atoms with Crippen LogP contribution in [-0.4, -0.2) is 6.61 Å². The lowest BCUT2D eigenvalue weighted by Gasteiger charge is -2.06. The minimum absolute atomic E-state index is 0.304. The maximum Gasteiger partial charge on any atom is 0.387 e. The van der Waals surface area contributed by atoms with Crippen LogP contribution in [0, 0.1) is 17.1 Å². The summed E-state index contributed by atoms with van der Waals surface area (Å²) in [5.41, 5.74) is -0.398. The van der Waals surface area contributed by atoms with Gasteiger partial charge in [-0.25, -0.2) is 4.39 Å². The van der Waals surface area contributed by atoms with Gasteiger partial charge >= 0.3 is 6.61 Å². The summed E-state index contributed by atoms with van der Waals surface area (Å²) in [6, 6.07) is 3.05. The average Bonchev–Trinajstić information content (AvgIpc) is 2.09. The Morgan fingerprint density at radius 1 is 1.43 bits per heavy atom. The van der Waals surface area contributed by atoms with E-state index >= 15 is 0 Å². The molecule has 0 heterocycles. The molecule has 0 aliphatic carbocycles. The number of halogens is 4. The summed E-state index contributed by atoms with van der Waals surface area (Å²) in [4.78, 5) is 0. The van der Waals surface area contributed by atoms with Crippen LogP contribution in [0.1, 0.15) is 5.56 Å². The molecule has 14 heavy (non-hydrogen) atoms. The molecule has 0 N–H and O–H groups in total. The highest BCUT2D eigenvalue weighted by Crippen LogP contribution is 2.28. The highest BCUT2D eigenvalue weighted by molar-refractivity contribution is 6.32. The van der Waals surface area contributed by atoms with Gasteiger partial charge in [0.15, 0.2) is 0 Å². The number of hydrogen-bond donors (Lipinski definition) is 0. The summed E-state index contributed by atoms with van der Waals surface area (Å²) >= 11 is 5.39. The van der Waals surface area contributed by atoms with Gasteiger partial charge in [-0.15, -0.1) is 0 Å². The van der Waals surface area contributed by atoms with E-state index in [1.54, 1.807) is 0 Å². The monoisotopic (exact) mass is 221 g/mol. The second kappa shape index (κ2) is 4.20. The van der Waals surface area contributed by atoms with Gasteiger partial charge in [0.1, 0.15) is 17.6 Å². The minimum Gasteiger partial charge on any atom is -0.433 e. The van der Waals surface area contributed by atoms with Crippen molar-refractivity contribution in [2.45, 2.75) is 6.61 Å². The smallest absolute Gasteiger partial charge is 0.387 e. The standard InChI is InChI=1S/C8H3ClF3NO/c9-5-2-6(10)4(3-13)1-7(5)14-8(11)12/h1-2,8H. The lowest BCUT2D eigenvalue weighted by Crippen LogP contribution is -2.03. The molecule has 0 saturated carbocycles. The molecule has 0 radical (unpaired) electrons. The van der Waals surface area contributed by atoms with Crippen LogP contribution in [0.3, 0.4) is 0 Å². The van der Waals surface area contributed by atoms with Crippen LogP contribution in [0.4, 0.5) is 13.2 Å². The zero-order valence-corrected chi connectivity index (χ0v) is 7.36. The molecule has 0 unspecified atom stereocenters. The van der Waals surface area contributed by atoms with Gasteiger partial charge in [0.05, 0.1) is 10.6 Å². The van der Waals surface area contributed by atoms with E-state index < -0.39 is 23.7 Å². The van der Waals surface area contributed by atoms with E-state index in [1.807, 2.05) is 0 Å². The van der Waals surface area contributed by atoms with Crippen LogP contribution < -0.4 is 4.74 Å². The average molecular weight is 222 g/mol. The third kappa shape index (κ3) is 2.30. The lowest BCUT2D eigenvalue weighted by molar-refractivity contribution is -0.0498. The maximum absolute atomic E-state index is 12.8. The summed E-state index contributed by atoms with van der Waals surface area (Å²) in [5.74, 6) is -1.29. The summed E-state index contributed by atoms with van der Waals surface area (Å²) in [5, 5.41) is 8.09. The quantitative estimate of drug-likeness (QED) is 0.769. The van der Waals surface area contributed by atoms with Gasteiger partial charge in [0.2, 0.25) is 0 Å². The van der Waals surface area contributed by atoms with Crippen LogP contribution in [0.5, 0.6) is 5.75 Å². The van der Waals surface area contributed by atoms with E-state index in [0.717, 1.165) is 12.1 Å². The Balaban J connectivity index is 3.12. The molecule has 1 aromatic rings. The van der Waals surface area contributed by atoms with Crippen molar-refractivity contribution >= 4 is 11.6 Å². The zero-order valence-electron chi connectivity index (χ0n) is 6.60. The van der Waals surface area contributed by atoms with Crippen LogP contribution in [0.2, 0.25) is 5.02 Å². The van der Waals surface area contributed by atoms with Crippen molar-refractivity contribution < 1.29 is 17.9 Å². The van der Waals surface area contributed by atoms with Gasteiger partial charge in [-0.05, 0) is 6.07 Å². The van der Waals surface area contributed by atoms with Gasteiger partial charge in [0, 0.05) is 6.07 Å². The maximum atomic E-state index is 12.8. The van der Waals surface area contributed by atoms with Gasteiger partial charge in [-0.1, -0.05) is 11.6 Å². The normalized spacial score (nSPS) is 10.0. The van der Waals surface area contributed by atoms with Crippen LogP contribution >= 0.6 is 11.6 Å². The SMILES string of the molecule is N#Cc1cc(OC(F)F)c(Cl)cc1F. The zero-order chi connectivity index (χ0) is 10.7. The lowest BCUT2D eigenvalue weighted by atomic mass is 10.2. The summed E-state index contributed by atoms with van der Waals surface area (Å²) in [6.45, 7) is -3.07. The largest absolute Gasteiger partial charge is 0.433 e. The van der Waals surface area contributed by atoms with Crippen molar-refractivity contribution in [2.75, 3.05) is 0 Å². The first-order valence-electron chi connectivity index (χ1n) is 3.38. The van der Waals surface area contributed by atoms with Crippen molar-refractivity contribution in [3.63, 3.8) is 0 Å². The predicted molar refractivity (Wildman–Crippen MR) is 42.8 cm³/mol. The Kier molecular flexibility index (Phi) is 3.20. The molecule has 0 fully saturated rings. The van der Waals surface area contributed by atoms with Gasteiger partial charge in [0.25, 0.3) is 0 Å². The molecule has 0 atom stereocenters. The number of nitriles is 1. The van der Waals surface area contributed by atoms with E-state index in [0.29, 0.717) is 0 Å². The van der Waals surface area contributed by atoms with Crippen LogP contribution in [0.15, 0.2) is 12.1 Å². The van der Waals surface area contributed by atoms with Crippen molar-refractivity contribution in [2.24, 2.45) is 0 Å². The second-order valence-electron chi connectivity index (χ2n) is 2.25. The molecular formula is C8H3ClF3NO. The van der Waals surface area contributed by atoms with Crippen molar-refractivity contribution in [1.29, 1.82) is 5.26 Å². The Morgan fingerprint density at radius 3 is 2.57 bits per heavy atom. The number of hydrogen-bond acceptors (Lipinski definition) is 2. The molecule has 0 aliphatic heterocycles. The van der Waals surface area contributed by atoms with Crippen LogP contribution in [0.25, 0.3) is 0 Å². The molecule has 0 aromatic heterocycles. The minimum atomic E-state index is -3.07. The highest BCUT2D eigenvalue weighted by Gasteiger charge is 2.12. The summed E-state index contributed by atoms with van der Waals surface area (Å²) < 4.78 is 40.3. The molecular weight excluding hydrogens is 219 g/mol. The number of nitrogens with zero attached hydrogens (tertiary/aromatic N) is 1. The molecule has 2 nitrogen and oxygen atoms in total. The van der Waals surface area contributed by atoms with Crippen molar-refractivity contribution in [3.8, 4) is 11.8 Å². The summed E-state index contributed by atoms with van der Waals surface area (Å²) in [6.07, 6.45) is 0. The third-order valence-corrected chi connectivity index (χ3v) is 1.65.